The van der Waals surface area contributed by atoms with Gasteiger partial charge in [-0.15, -0.1) is 0 Å². The average molecular weight is 210 g/mol. The van der Waals surface area contributed by atoms with Crippen molar-refractivity contribution in [2.75, 3.05) is 7.11 Å². The Labute approximate surface area is 78.1 Å². The van der Waals surface area contributed by atoms with E-state index in [-0.39, 0.29) is 10.8 Å². The molecular formula is C8H5ClF3O. The highest BCUT2D eigenvalue weighted by Crippen LogP contribution is 2.39. The zero-order valence-corrected chi connectivity index (χ0v) is 7.33. The molecule has 13 heavy (non-hydrogen) atoms. The molecule has 71 valence electrons. The molecule has 0 atom stereocenters. The Morgan fingerprint density at radius 1 is 1.38 bits per heavy atom. The minimum atomic E-state index is -4.47. The van der Waals surface area contributed by atoms with Crippen LogP contribution in [0.3, 0.4) is 0 Å². The summed E-state index contributed by atoms with van der Waals surface area (Å²) in [5.41, 5.74) is -0.914. The van der Waals surface area contributed by atoms with Gasteiger partial charge in [0, 0.05) is 0 Å². The topological polar surface area (TPSA) is 9.23 Å². The van der Waals surface area contributed by atoms with Crippen LogP contribution in [0.2, 0.25) is 5.02 Å². The van der Waals surface area contributed by atoms with Crippen LogP contribution >= 0.6 is 11.6 Å². The number of halogens is 4. The predicted octanol–water partition coefficient (Wildman–Crippen LogP) is 3.17. The van der Waals surface area contributed by atoms with Crippen LogP contribution in [-0.2, 0) is 6.18 Å². The smallest absolute Gasteiger partial charge is 0.420 e. The quantitative estimate of drug-likeness (QED) is 0.690. The summed E-state index contributed by atoms with van der Waals surface area (Å²) in [5, 5.41) is -0.0997. The lowest BCUT2D eigenvalue weighted by Gasteiger charge is -2.12. The van der Waals surface area contributed by atoms with Gasteiger partial charge in [-0.1, -0.05) is 11.6 Å². The third-order valence-electron chi connectivity index (χ3n) is 1.41. The van der Waals surface area contributed by atoms with Crippen LogP contribution in [-0.4, -0.2) is 7.11 Å². The molecule has 0 saturated heterocycles. The van der Waals surface area contributed by atoms with Crippen molar-refractivity contribution in [3.05, 3.63) is 28.8 Å². The molecule has 1 aromatic rings. The standard InChI is InChI=1S/C8H5ClF3O/c1-13-7-5(8(10,11)12)3-2-4-6(7)9/h3-4H,1H3. The summed E-state index contributed by atoms with van der Waals surface area (Å²) in [6.07, 6.45) is -4.47. The van der Waals surface area contributed by atoms with Gasteiger partial charge in [-0.3, -0.25) is 0 Å². The molecule has 1 radical (unpaired) electrons. The minimum Gasteiger partial charge on any atom is -0.495 e. The summed E-state index contributed by atoms with van der Waals surface area (Å²) in [7, 11) is 1.14. The summed E-state index contributed by atoms with van der Waals surface area (Å²) in [6, 6.07) is 4.29. The third kappa shape index (κ3) is 2.06. The zero-order chi connectivity index (χ0) is 10.1. The van der Waals surface area contributed by atoms with Gasteiger partial charge >= 0.3 is 6.18 Å². The molecule has 0 aliphatic carbocycles. The Hall–Kier alpha value is -0.900. The molecule has 0 aliphatic rings. The molecule has 0 saturated carbocycles. The SMILES string of the molecule is COc1c(Cl)c[c]cc1C(F)(F)F. The predicted molar refractivity (Wildman–Crippen MR) is 41.8 cm³/mol. The van der Waals surface area contributed by atoms with E-state index < -0.39 is 11.7 Å². The van der Waals surface area contributed by atoms with Crippen molar-refractivity contribution in [2.45, 2.75) is 6.18 Å². The van der Waals surface area contributed by atoms with Gasteiger partial charge in [0.05, 0.1) is 17.7 Å². The molecule has 0 unspecified atom stereocenters. The number of ether oxygens (including phenoxy) is 1. The van der Waals surface area contributed by atoms with E-state index >= 15 is 0 Å². The van der Waals surface area contributed by atoms with Gasteiger partial charge in [-0.25, -0.2) is 0 Å². The molecule has 0 aliphatic heterocycles. The van der Waals surface area contributed by atoms with E-state index in [0.717, 1.165) is 13.2 Å². The molecule has 0 N–H and O–H groups in total. The van der Waals surface area contributed by atoms with Crippen molar-refractivity contribution in [3.63, 3.8) is 0 Å². The van der Waals surface area contributed by atoms with Crippen molar-refractivity contribution in [2.24, 2.45) is 0 Å². The maximum absolute atomic E-state index is 12.3. The molecular weight excluding hydrogens is 205 g/mol. The summed E-state index contributed by atoms with van der Waals surface area (Å²) < 4.78 is 41.3. The van der Waals surface area contributed by atoms with Crippen molar-refractivity contribution in [1.82, 2.24) is 0 Å². The van der Waals surface area contributed by atoms with Crippen molar-refractivity contribution >= 4 is 11.6 Å². The van der Waals surface area contributed by atoms with Crippen LogP contribution in [0.15, 0.2) is 12.1 Å². The maximum atomic E-state index is 12.3. The van der Waals surface area contributed by atoms with E-state index in [1.165, 1.54) is 6.07 Å². The molecule has 1 aromatic carbocycles. The first kappa shape index (κ1) is 10.2. The molecule has 0 fully saturated rings. The second-order valence-corrected chi connectivity index (χ2v) is 2.66. The molecule has 1 rings (SSSR count). The highest BCUT2D eigenvalue weighted by Gasteiger charge is 2.34. The van der Waals surface area contributed by atoms with E-state index in [9.17, 15) is 13.2 Å². The number of alkyl halides is 3. The van der Waals surface area contributed by atoms with Gasteiger partial charge in [-0.05, 0) is 18.2 Å². The Morgan fingerprint density at radius 2 is 2.00 bits per heavy atom. The summed E-state index contributed by atoms with van der Waals surface area (Å²) in [6.45, 7) is 0. The van der Waals surface area contributed by atoms with E-state index in [1.807, 2.05) is 0 Å². The fraction of sp³-hybridized carbons (Fsp3) is 0.250. The summed E-state index contributed by atoms with van der Waals surface area (Å²) >= 11 is 5.48. The van der Waals surface area contributed by atoms with Gasteiger partial charge < -0.3 is 4.74 Å². The van der Waals surface area contributed by atoms with Crippen LogP contribution in [0, 0.1) is 6.07 Å². The Bertz CT molecular complexity index is 309. The number of benzene rings is 1. The van der Waals surface area contributed by atoms with Crippen LogP contribution in [0.1, 0.15) is 5.56 Å². The first-order valence-corrected chi connectivity index (χ1v) is 3.65. The molecule has 0 aromatic heterocycles. The zero-order valence-electron chi connectivity index (χ0n) is 6.57. The first-order valence-electron chi connectivity index (χ1n) is 3.27. The molecule has 0 spiro atoms. The first-order chi connectivity index (χ1) is 5.96. The van der Waals surface area contributed by atoms with Crippen molar-refractivity contribution in [1.29, 1.82) is 0 Å². The number of rotatable bonds is 1. The second kappa shape index (κ2) is 3.46. The van der Waals surface area contributed by atoms with Crippen LogP contribution in [0.25, 0.3) is 0 Å². The monoisotopic (exact) mass is 209 g/mol. The van der Waals surface area contributed by atoms with E-state index in [4.69, 9.17) is 11.6 Å². The number of hydrogen-bond donors (Lipinski definition) is 0. The largest absolute Gasteiger partial charge is 0.495 e. The van der Waals surface area contributed by atoms with Gasteiger partial charge in [0.2, 0.25) is 0 Å². The summed E-state index contributed by atoms with van der Waals surface area (Å²) in [4.78, 5) is 0. The Morgan fingerprint density at radius 3 is 2.38 bits per heavy atom. The second-order valence-electron chi connectivity index (χ2n) is 2.25. The van der Waals surface area contributed by atoms with Gasteiger partial charge in [0.15, 0.2) is 0 Å². The van der Waals surface area contributed by atoms with Gasteiger partial charge in [0.25, 0.3) is 0 Å². The lowest BCUT2D eigenvalue weighted by molar-refractivity contribution is -0.138. The average Bonchev–Trinajstić information content (AvgIpc) is 2.02. The lowest BCUT2D eigenvalue weighted by Crippen LogP contribution is -2.07. The fourth-order valence-corrected chi connectivity index (χ4v) is 1.12. The lowest BCUT2D eigenvalue weighted by atomic mass is 10.2. The highest BCUT2D eigenvalue weighted by atomic mass is 35.5. The summed E-state index contributed by atoms with van der Waals surface area (Å²) in [5.74, 6) is -0.368. The van der Waals surface area contributed by atoms with Crippen LogP contribution < -0.4 is 4.74 Å². The molecule has 0 bridgehead atoms. The number of methoxy groups -OCH3 is 1. The van der Waals surface area contributed by atoms with Gasteiger partial charge in [-0.2, -0.15) is 13.2 Å². The molecule has 0 heterocycles. The highest BCUT2D eigenvalue weighted by molar-refractivity contribution is 6.32. The van der Waals surface area contributed by atoms with Crippen LogP contribution in [0.5, 0.6) is 5.75 Å². The third-order valence-corrected chi connectivity index (χ3v) is 1.69. The Balaban J connectivity index is 3.29. The number of hydrogen-bond acceptors (Lipinski definition) is 1. The molecule has 5 heteroatoms. The molecule has 1 nitrogen and oxygen atoms in total. The van der Waals surface area contributed by atoms with Gasteiger partial charge in [0.1, 0.15) is 5.75 Å². The van der Waals surface area contributed by atoms with E-state index in [1.54, 1.807) is 0 Å². The van der Waals surface area contributed by atoms with E-state index in [2.05, 4.69) is 10.8 Å². The normalized spacial score (nSPS) is 11.5. The maximum Gasteiger partial charge on any atom is 0.420 e. The van der Waals surface area contributed by atoms with Crippen LogP contribution in [0.4, 0.5) is 13.2 Å². The van der Waals surface area contributed by atoms with E-state index in [0.29, 0.717) is 0 Å². The van der Waals surface area contributed by atoms with Crippen molar-refractivity contribution in [3.8, 4) is 5.75 Å². The molecule has 0 amide bonds. The minimum absolute atomic E-state index is 0.0997. The fourth-order valence-electron chi connectivity index (χ4n) is 0.876. The van der Waals surface area contributed by atoms with Crippen molar-refractivity contribution < 1.29 is 17.9 Å². The Kier molecular flexibility index (Phi) is 2.71.